The van der Waals surface area contributed by atoms with E-state index < -0.39 is 21.0 Å². The van der Waals surface area contributed by atoms with E-state index in [1.54, 1.807) is 24.3 Å². The molecule has 2 aromatic rings. The SMILES string of the molecule is Cn1nc(C(=O)N2CC[C@@H](c3ccccc3Cl)S(=O)(=O)CC2)ccc1=O. The lowest BCUT2D eigenvalue weighted by Crippen LogP contribution is -2.35. The number of aryl methyl sites for hydroxylation is 1. The number of nitrogens with zero attached hydrogens (tertiary/aromatic N) is 3. The lowest BCUT2D eigenvalue weighted by molar-refractivity contribution is 0.0758. The first-order valence-corrected chi connectivity index (χ1v) is 10.2. The van der Waals surface area contributed by atoms with Gasteiger partial charge in [0.1, 0.15) is 5.69 Å². The molecule has 0 bridgehead atoms. The topological polar surface area (TPSA) is 89.3 Å². The fraction of sp³-hybridized carbons (Fsp3) is 0.353. The second-order valence-corrected chi connectivity index (χ2v) is 8.85. The Hall–Kier alpha value is -2.19. The Kier molecular flexibility index (Phi) is 5.15. The van der Waals surface area contributed by atoms with E-state index >= 15 is 0 Å². The summed E-state index contributed by atoms with van der Waals surface area (Å²) in [4.78, 5) is 25.5. The van der Waals surface area contributed by atoms with Gasteiger partial charge in [-0.2, -0.15) is 5.10 Å². The Balaban J connectivity index is 1.86. The lowest BCUT2D eigenvalue weighted by Gasteiger charge is -2.19. The van der Waals surface area contributed by atoms with Gasteiger partial charge in [0.2, 0.25) is 0 Å². The number of amides is 1. The van der Waals surface area contributed by atoms with Crippen LogP contribution < -0.4 is 5.56 Å². The van der Waals surface area contributed by atoms with Gasteiger partial charge in [-0.25, -0.2) is 13.1 Å². The van der Waals surface area contributed by atoms with Gasteiger partial charge in [0.15, 0.2) is 9.84 Å². The number of sulfone groups is 1. The Morgan fingerprint density at radius 3 is 2.62 bits per heavy atom. The van der Waals surface area contributed by atoms with Crippen LogP contribution in [0.25, 0.3) is 0 Å². The average molecular weight is 396 g/mol. The van der Waals surface area contributed by atoms with Gasteiger partial charge >= 0.3 is 0 Å². The summed E-state index contributed by atoms with van der Waals surface area (Å²) in [5.74, 6) is -0.545. The molecule has 1 fully saturated rings. The third-order valence-electron chi connectivity index (χ3n) is 4.46. The molecule has 1 aromatic heterocycles. The standard InChI is InChI=1S/C17H18ClN3O4S/c1-20-16(22)7-6-14(19-20)17(23)21-9-8-15(26(24,25)11-10-21)12-4-2-3-5-13(12)18/h2-7,15H,8-11H2,1H3/t15-/m0/s1. The molecular formula is C17H18ClN3O4S. The fourth-order valence-corrected chi connectivity index (χ4v) is 5.16. The summed E-state index contributed by atoms with van der Waals surface area (Å²) in [6.45, 7) is 0.338. The summed E-state index contributed by atoms with van der Waals surface area (Å²) >= 11 is 6.18. The van der Waals surface area contributed by atoms with E-state index in [4.69, 9.17) is 11.6 Å². The third kappa shape index (κ3) is 3.66. The minimum Gasteiger partial charge on any atom is -0.336 e. The molecule has 0 radical (unpaired) electrons. The molecule has 0 saturated carbocycles. The van der Waals surface area contributed by atoms with Crippen LogP contribution in [0.1, 0.15) is 27.7 Å². The van der Waals surface area contributed by atoms with Gasteiger partial charge in [-0.3, -0.25) is 9.59 Å². The quantitative estimate of drug-likeness (QED) is 0.767. The van der Waals surface area contributed by atoms with Crippen LogP contribution in [-0.4, -0.2) is 47.8 Å². The van der Waals surface area contributed by atoms with Crippen LogP contribution in [0.15, 0.2) is 41.2 Å². The van der Waals surface area contributed by atoms with Gasteiger partial charge in [-0.1, -0.05) is 29.8 Å². The highest BCUT2D eigenvalue weighted by molar-refractivity contribution is 7.91. The number of rotatable bonds is 2. The predicted octanol–water partition coefficient (Wildman–Crippen LogP) is 1.44. The van der Waals surface area contributed by atoms with Gasteiger partial charge in [0.05, 0.1) is 11.0 Å². The van der Waals surface area contributed by atoms with Crippen molar-refractivity contribution in [2.75, 3.05) is 18.8 Å². The zero-order valence-electron chi connectivity index (χ0n) is 14.1. The van der Waals surface area contributed by atoms with E-state index in [0.29, 0.717) is 10.6 Å². The van der Waals surface area contributed by atoms with Crippen LogP contribution in [0.5, 0.6) is 0 Å². The van der Waals surface area contributed by atoms with Crippen molar-refractivity contribution >= 4 is 27.3 Å². The molecule has 3 rings (SSSR count). The Morgan fingerprint density at radius 1 is 1.19 bits per heavy atom. The third-order valence-corrected chi connectivity index (χ3v) is 6.91. The molecule has 0 spiro atoms. The van der Waals surface area contributed by atoms with Gasteiger partial charge in [-0.05, 0) is 24.1 Å². The monoisotopic (exact) mass is 395 g/mol. The van der Waals surface area contributed by atoms with Crippen LogP contribution in [0.3, 0.4) is 0 Å². The molecule has 2 heterocycles. The summed E-state index contributed by atoms with van der Waals surface area (Å²) < 4.78 is 26.5. The van der Waals surface area contributed by atoms with Gasteiger partial charge in [-0.15, -0.1) is 0 Å². The van der Waals surface area contributed by atoms with Gasteiger partial charge in [0.25, 0.3) is 11.5 Å². The van der Waals surface area contributed by atoms with E-state index in [0.717, 1.165) is 4.68 Å². The first kappa shape index (κ1) is 18.6. The van der Waals surface area contributed by atoms with Crippen molar-refractivity contribution in [2.45, 2.75) is 11.7 Å². The first-order valence-electron chi connectivity index (χ1n) is 8.09. The zero-order valence-corrected chi connectivity index (χ0v) is 15.7. The molecule has 0 aliphatic carbocycles. The van der Waals surface area contributed by atoms with E-state index in [-0.39, 0.29) is 36.5 Å². The highest BCUT2D eigenvalue weighted by Crippen LogP contribution is 2.33. The first-order chi connectivity index (χ1) is 12.3. The van der Waals surface area contributed by atoms with E-state index in [9.17, 15) is 18.0 Å². The molecule has 1 saturated heterocycles. The normalized spacial score (nSPS) is 19.8. The van der Waals surface area contributed by atoms with Crippen molar-refractivity contribution in [2.24, 2.45) is 7.05 Å². The van der Waals surface area contributed by atoms with Crippen LogP contribution in [0.4, 0.5) is 0 Å². The number of halogens is 1. The second kappa shape index (κ2) is 7.20. The van der Waals surface area contributed by atoms with Crippen molar-refractivity contribution in [3.8, 4) is 0 Å². The van der Waals surface area contributed by atoms with Crippen LogP contribution in [-0.2, 0) is 16.9 Å². The van der Waals surface area contributed by atoms with Crippen molar-refractivity contribution in [1.29, 1.82) is 0 Å². The molecule has 1 aromatic carbocycles. The molecule has 138 valence electrons. The van der Waals surface area contributed by atoms with Crippen LogP contribution in [0.2, 0.25) is 5.02 Å². The zero-order chi connectivity index (χ0) is 18.9. The van der Waals surface area contributed by atoms with E-state index in [1.807, 2.05) is 0 Å². The average Bonchev–Trinajstić information content (AvgIpc) is 2.75. The highest BCUT2D eigenvalue weighted by Gasteiger charge is 2.34. The summed E-state index contributed by atoms with van der Waals surface area (Å²) in [5.41, 5.74) is 0.350. The summed E-state index contributed by atoms with van der Waals surface area (Å²) in [6, 6.07) is 9.48. The maximum absolute atomic E-state index is 12.7. The van der Waals surface area contributed by atoms with Crippen molar-refractivity contribution < 1.29 is 13.2 Å². The number of carbonyl (C=O) groups is 1. The number of aromatic nitrogens is 2. The molecule has 1 aliphatic rings. The molecular weight excluding hydrogens is 378 g/mol. The maximum Gasteiger partial charge on any atom is 0.274 e. The number of carbonyl (C=O) groups excluding carboxylic acids is 1. The molecule has 0 N–H and O–H groups in total. The second-order valence-electron chi connectivity index (χ2n) is 6.14. The maximum atomic E-state index is 12.7. The highest BCUT2D eigenvalue weighted by atomic mass is 35.5. The minimum absolute atomic E-state index is 0.0760. The molecule has 1 atom stereocenters. The summed E-state index contributed by atoms with van der Waals surface area (Å²) in [7, 11) is -2.00. The molecule has 1 amide bonds. The number of hydrogen-bond acceptors (Lipinski definition) is 5. The van der Waals surface area contributed by atoms with E-state index in [2.05, 4.69) is 5.10 Å². The smallest absolute Gasteiger partial charge is 0.274 e. The molecule has 9 heteroatoms. The van der Waals surface area contributed by atoms with E-state index in [1.165, 1.54) is 24.1 Å². The summed E-state index contributed by atoms with van der Waals surface area (Å²) in [6.07, 6.45) is 0.254. The molecule has 1 aliphatic heterocycles. The minimum atomic E-state index is -3.45. The Labute approximate surface area is 156 Å². The number of benzene rings is 1. The Morgan fingerprint density at radius 2 is 1.92 bits per heavy atom. The van der Waals surface area contributed by atoms with Gasteiger partial charge < -0.3 is 4.90 Å². The van der Waals surface area contributed by atoms with Crippen LogP contribution >= 0.6 is 11.6 Å². The van der Waals surface area contributed by atoms with Crippen molar-refractivity contribution in [1.82, 2.24) is 14.7 Å². The lowest BCUT2D eigenvalue weighted by atomic mass is 10.1. The predicted molar refractivity (Wildman–Crippen MR) is 98.0 cm³/mol. The van der Waals surface area contributed by atoms with Gasteiger partial charge in [0, 0.05) is 31.2 Å². The van der Waals surface area contributed by atoms with Crippen molar-refractivity contribution in [3.05, 3.63) is 63.0 Å². The fourth-order valence-electron chi connectivity index (χ4n) is 3.01. The van der Waals surface area contributed by atoms with Crippen LogP contribution in [0, 0.1) is 0 Å². The molecule has 26 heavy (non-hydrogen) atoms. The molecule has 7 nitrogen and oxygen atoms in total. The number of hydrogen-bond donors (Lipinski definition) is 0. The molecule has 0 unspecified atom stereocenters. The largest absolute Gasteiger partial charge is 0.336 e. The summed E-state index contributed by atoms with van der Waals surface area (Å²) in [5, 5.41) is 3.60. The van der Waals surface area contributed by atoms with Crippen molar-refractivity contribution in [3.63, 3.8) is 0 Å². The Bertz CT molecular complexity index is 1000.